The topological polar surface area (TPSA) is 75.7 Å². The molecule has 6 nitrogen and oxygen atoms in total. The van der Waals surface area contributed by atoms with Crippen molar-refractivity contribution >= 4 is 27.3 Å². The number of ether oxygens (including phenoxy) is 1. The summed E-state index contributed by atoms with van der Waals surface area (Å²) in [7, 11) is -3.23. The molecule has 10 heteroatoms. The molecule has 3 aromatic rings. The monoisotopic (exact) mass is 520 g/mol. The molecule has 0 aliphatic rings. The fraction of sp³-hybridized carbons (Fsp3) is 0.269. The van der Waals surface area contributed by atoms with Crippen molar-refractivity contribution < 1.29 is 31.1 Å². The first-order chi connectivity index (χ1) is 16.7. The molecule has 0 heterocycles. The van der Waals surface area contributed by atoms with Crippen LogP contribution in [0.4, 0.5) is 24.5 Å². The zero-order valence-electron chi connectivity index (χ0n) is 20.5. The minimum atomic E-state index is -4.70. The number of carbonyl (C=O) groups excluding carboxylic acids is 1. The van der Waals surface area contributed by atoms with Crippen LogP contribution in [0.1, 0.15) is 27.8 Å². The molecule has 0 radical (unpaired) electrons. The molecule has 0 atom stereocenters. The van der Waals surface area contributed by atoms with Gasteiger partial charge in [-0.2, -0.15) is 13.2 Å². The van der Waals surface area contributed by atoms with Crippen LogP contribution < -0.4 is 14.4 Å². The van der Waals surface area contributed by atoms with Crippen LogP contribution in [0.5, 0.6) is 5.75 Å². The summed E-state index contributed by atoms with van der Waals surface area (Å²) in [5.74, 6) is -0.708. The Kier molecular flexibility index (Phi) is 7.68. The summed E-state index contributed by atoms with van der Waals surface area (Å²) in [5.41, 5.74) is 2.30. The molecule has 192 valence electrons. The summed E-state index contributed by atoms with van der Waals surface area (Å²) in [6.45, 7) is 6.42. The van der Waals surface area contributed by atoms with Gasteiger partial charge in [0.15, 0.2) is 0 Å². The lowest BCUT2D eigenvalue weighted by molar-refractivity contribution is -0.137. The van der Waals surface area contributed by atoms with Crippen LogP contribution >= 0.6 is 0 Å². The maximum Gasteiger partial charge on any atom is 0.416 e. The van der Waals surface area contributed by atoms with Gasteiger partial charge in [-0.05, 0) is 74.7 Å². The second-order valence-corrected chi connectivity index (χ2v) is 10.4. The SMILES string of the molecule is COc1ccc(C)cc1S(=O)(=O)N(CC(=O)Nc1c(C)cc(C)cc1C)c1cccc(C(F)(F)F)c1. The molecule has 0 aromatic heterocycles. The number of anilines is 2. The van der Waals surface area contributed by atoms with Crippen molar-refractivity contribution in [3.05, 3.63) is 82.4 Å². The van der Waals surface area contributed by atoms with Crippen molar-refractivity contribution in [2.24, 2.45) is 0 Å². The van der Waals surface area contributed by atoms with E-state index in [1.54, 1.807) is 26.8 Å². The number of methoxy groups -OCH3 is 1. The van der Waals surface area contributed by atoms with Crippen LogP contribution in [0, 0.1) is 27.7 Å². The van der Waals surface area contributed by atoms with Crippen molar-refractivity contribution in [3.63, 3.8) is 0 Å². The molecule has 0 bridgehead atoms. The number of halogens is 3. The summed E-state index contributed by atoms with van der Waals surface area (Å²) in [5, 5.41) is 2.72. The largest absolute Gasteiger partial charge is 0.495 e. The van der Waals surface area contributed by atoms with Gasteiger partial charge in [0.1, 0.15) is 17.2 Å². The van der Waals surface area contributed by atoms with Crippen molar-refractivity contribution in [2.45, 2.75) is 38.8 Å². The summed E-state index contributed by atoms with van der Waals surface area (Å²) in [6.07, 6.45) is -4.70. The van der Waals surface area contributed by atoms with E-state index in [2.05, 4.69) is 5.32 Å². The maximum absolute atomic E-state index is 13.8. The molecule has 0 aliphatic carbocycles. The highest BCUT2D eigenvalue weighted by Gasteiger charge is 2.34. The summed E-state index contributed by atoms with van der Waals surface area (Å²) in [6, 6.07) is 12.0. The molecule has 3 rings (SSSR count). The molecule has 3 aromatic carbocycles. The number of alkyl halides is 3. The smallest absolute Gasteiger partial charge is 0.416 e. The number of hydrogen-bond acceptors (Lipinski definition) is 4. The quantitative estimate of drug-likeness (QED) is 0.429. The van der Waals surface area contributed by atoms with Gasteiger partial charge >= 0.3 is 6.18 Å². The van der Waals surface area contributed by atoms with Gasteiger partial charge in [-0.25, -0.2) is 8.42 Å². The van der Waals surface area contributed by atoms with Gasteiger partial charge in [-0.3, -0.25) is 9.10 Å². The Balaban J connectivity index is 2.11. The summed E-state index contributed by atoms with van der Waals surface area (Å²) in [4.78, 5) is 12.8. The van der Waals surface area contributed by atoms with E-state index in [-0.39, 0.29) is 16.3 Å². The fourth-order valence-electron chi connectivity index (χ4n) is 3.94. The van der Waals surface area contributed by atoms with E-state index in [1.165, 1.54) is 25.3 Å². The molecule has 0 aliphatic heterocycles. The van der Waals surface area contributed by atoms with Crippen LogP contribution in [0.2, 0.25) is 0 Å². The maximum atomic E-state index is 13.8. The van der Waals surface area contributed by atoms with E-state index in [9.17, 15) is 26.4 Å². The number of hydrogen-bond donors (Lipinski definition) is 1. The van der Waals surface area contributed by atoms with Crippen LogP contribution in [-0.4, -0.2) is 28.0 Å². The van der Waals surface area contributed by atoms with Crippen molar-refractivity contribution in [1.82, 2.24) is 0 Å². The van der Waals surface area contributed by atoms with Crippen LogP contribution in [-0.2, 0) is 21.0 Å². The fourth-order valence-corrected chi connectivity index (χ4v) is 5.60. The molecule has 0 unspecified atom stereocenters. The lowest BCUT2D eigenvalue weighted by atomic mass is 10.1. The van der Waals surface area contributed by atoms with E-state index in [1.807, 2.05) is 19.1 Å². The third-order valence-electron chi connectivity index (χ3n) is 5.58. The van der Waals surface area contributed by atoms with E-state index in [0.29, 0.717) is 21.6 Å². The van der Waals surface area contributed by atoms with Gasteiger partial charge in [-0.1, -0.05) is 29.8 Å². The average molecular weight is 521 g/mol. The minimum Gasteiger partial charge on any atom is -0.495 e. The molecular weight excluding hydrogens is 493 g/mol. The average Bonchev–Trinajstić information content (AvgIpc) is 2.79. The predicted octanol–water partition coefficient (Wildman–Crippen LogP) is 5.78. The zero-order chi connectivity index (χ0) is 26.8. The number of nitrogens with zero attached hydrogens (tertiary/aromatic N) is 1. The first-order valence-corrected chi connectivity index (χ1v) is 12.4. The second-order valence-electron chi connectivity index (χ2n) is 8.54. The minimum absolute atomic E-state index is 0.00297. The Labute approximate surface area is 208 Å². The molecule has 0 saturated carbocycles. The molecule has 0 fully saturated rings. The van der Waals surface area contributed by atoms with E-state index < -0.39 is 34.2 Å². The Morgan fingerprint density at radius 1 is 0.944 bits per heavy atom. The number of aryl methyl sites for hydroxylation is 4. The van der Waals surface area contributed by atoms with Crippen LogP contribution in [0.3, 0.4) is 0 Å². The first-order valence-electron chi connectivity index (χ1n) is 11.0. The Hall–Kier alpha value is -3.53. The number of benzene rings is 3. The highest BCUT2D eigenvalue weighted by Crippen LogP contribution is 2.35. The molecule has 1 amide bonds. The van der Waals surface area contributed by atoms with Gasteiger partial charge < -0.3 is 10.1 Å². The normalized spacial score (nSPS) is 11.8. The second kappa shape index (κ2) is 10.2. The van der Waals surface area contributed by atoms with E-state index in [0.717, 1.165) is 28.8 Å². The molecule has 0 saturated heterocycles. The third-order valence-corrected chi connectivity index (χ3v) is 7.37. The Morgan fingerprint density at radius 2 is 1.58 bits per heavy atom. The van der Waals surface area contributed by atoms with E-state index in [4.69, 9.17) is 4.74 Å². The number of sulfonamides is 1. The van der Waals surface area contributed by atoms with Crippen LogP contribution in [0.15, 0.2) is 59.5 Å². The lowest BCUT2D eigenvalue weighted by Crippen LogP contribution is -2.38. The summed E-state index contributed by atoms with van der Waals surface area (Å²) >= 11 is 0. The summed E-state index contributed by atoms with van der Waals surface area (Å²) < 4.78 is 73.7. The zero-order valence-corrected chi connectivity index (χ0v) is 21.3. The predicted molar refractivity (Wildman–Crippen MR) is 133 cm³/mol. The van der Waals surface area contributed by atoms with Gasteiger partial charge in [0.05, 0.1) is 18.4 Å². The number of nitrogens with one attached hydrogen (secondary N) is 1. The van der Waals surface area contributed by atoms with Gasteiger partial charge in [0.25, 0.3) is 10.0 Å². The standard InChI is InChI=1S/C26H27F3N2O4S/c1-16-9-10-22(35-5)23(13-16)36(33,34)31(21-8-6-7-20(14-21)26(27,28)29)15-24(32)30-25-18(3)11-17(2)12-19(25)4/h6-14H,15H2,1-5H3,(H,30,32). The molecule has 36 heavy (non-hydrogen) atoms. The van der Waals surface area contributed by atoms with E-state index >= 15 is 0 Å². The van der Waals surface area contributed by atoms with Gasteiger partial charge in [0.2, 0.25) is 5.91 Å². The van der Waals surface area contributed by atoms with Gasteiger partial charge in [-0.15, -0.1) is 0 Å². The van der Waals surface area contributed by atoms with Crippen molar-refractivity contribution in [2.75, 3.05) is 23.3 Å². The highest BCUT2D eigenvalue weighted by atomic mass is 32.2. The highest BCUT2D eigenvalue weighted by molar-refractivity contribution is 7.93. The van der Waals surface area contributed by atoms with Crippen molar-refractivity contribution in [1.29, 1.82) is 0 Å². The van der Waals surface area contributed by atoms with Crippen molar-refractivity contribution in [3.8, 4) is 5.75 Å². The molecule has 1 N–H and O–H groups in total. The van der Waals surface area contributed by atoms with Crippen LogP contribution in [0.25, 0.3) is 0 Å². The lowest BCUT2D eigenvalue weighted by Gasteiger charge is -2.26. The molecule has 0 spiro atoms. The third kappa shape index (κ3) is 5.81. The first kappa shape index (κ1) is 27.1. The molecular formula is C26H27F3N2O4S. The Bertz CT molecular complexity index is 1380. The number of rotatable bonds is 7. The number of carbonyl (C=O) groups is 1. The van der Waals surface area contributed by atoms with Gasteiger partial charge in [0, 0.05) is 5.69 Å². The Morgan fingerprint density at radius 3 is 2.17 bits per heavy atom. The number of amides is 1.